The van der Waals surface area contributed by atoms with Crippen molar-refractivity contribution in [1.29, 1.82) is 0 Å². The lowest BCUT2D eigenvalue weighted by molar-refractivity contribution is 0.0379. The average Bonchev–Trinajstić information content (AvgIpc) is 3.01. The summed E-state index contributed by atoms with van der Waals surface area (Å²) in [4.78, 5) is 12.4. The number of carbonyl (C=O) groups excluding carboxylic acids is 1. The largest absolute Gasteiger partial charge is 0.459 e. The second-order valence-corrected chi connectivity index (χ2v) is 5.49. The van der Waals surface area contributed by atoms with Gasteiger partial charge in [-0.3, -0.25) is 0 Å². The Morgan fingerprint density at radius 1 is 1.00 bits per heavy atom. The highest BCUT2D eigenvalue weighted by Crippen LogP contribution is 2.24. The molecule has 2 aromatic carbocycles. The molecule has 0 N–H and O–H groups in total. The van der Waals surface area contributed by atoms with E-state index in [4.69, 9.17) is 4.74 Å². The molecule has 0 saturated carbocycles. The molecule has 0 bridgehead atoms. The van der Waals surface area contributed by atoms with Gasteiger partial charge in [0.25, 0.3) is 0 Å². The second-order valence-electron chi connectivity index (χ2n) is 5.49. The highest BCUT2D eigenvalue weighted by atomic mass is 16.5. The third-order valence-electron chi connectivity index (χ3n) is 3.34. The van der Waals surface area contributed by atoms with Crippen LogP contribution in [0.3, 0.4) is 0 Å². The van der Waals surface area contributed by atoms with Gasteiger partial charge in [-0.25, -0.2) is 9.48 Å². The number of carbonyl (C=O) groups is 1. The minimum absolute atomic E-state index is 0.175. The van der Waals surface area contributed by atoms with Crippen molar-refractivity contribution in [1.82, 2.24) is 9.78 Å². The molecule has 0 unspecified atom stereocenters. The Bertz CT molecular complexity index is 793. The van der Waals surface area contributed by atoms with Crippen molar-refractivity contribution >= 4 is 5.97 Å². The molecule has 0 aliphatic heterocycles. The average molecular weight is 306 g/mol. The molecular formula is C19H18N2O2. The van der Waals surface area contributed by atoms with Crippen LogP contribution in [0.4, 0.5) is 0 Å². The van der Waals surface area contributed by atoms with E-state index in [9.17, 15) is 4.79 Å². The predicted octanol–water partition coefficient (Wildman–Crippen LogP) is 4.10. The van der Waals surface area contributed by atoms with E-state index < -0.39 is 0 Å². The van der Waals surface area contributed by atoms with Gasteiger partial charge in [0.1, 0.15) is 11.3 Å². The summed E-state index contributed by atoms with van der Waals surface area (Å²) in [6.07, 6.45) is 1.55. The highest BCUT2D eigenvalue weighted by Gasteiger charge is 2.20. The minimum Gasteiger partial charge on any atom is -0.459 e. The summed E-state index contributed by atoms with van der Waals surface area (Å²) in [5.74, 6) is -0.360. The Kier molecular flexibility index (Phi) is 4.24. The number of hydrogen-bond donors (Lipinski definition) is 0. The molecule has 0 saturated heterocycles. The van der Waals surface area contributed by atoms with Crippen LogP contribution in [0.25, 0.3) is 16.9 Å². The smallest absolute Gasteiger partial charge is 0.342 e. The van der Waals surface area contributed by atoms with Crippen molar-refractivity contribution in [2.45, 2.75) is 20.0 Å². The monoisotopic (exact) mass is 306 g/mol. The van der Waals surface area contributed by atoms with Gasteiger partial charge in [0.05, 0.1) is 11.8 Å². The Hall–Kier alpha value is -2.88. The number of para-hydroxylation sites is 1. The summed E-state index contributed by atoms with van der Waals surface area (Å²) in [6.45, 7) is 3.67. The molecule has 1 aromatic heterocycles. The number of nitrogens with zero attached hydrogens (tertiary/aromatic N) is 2. The molecule has 0 fully saturated rings. The van der Waals surface area contributed by atoms with E-state index in [1.165, 1.54) is 0 Å². The molecule has 3 rings (SSSR count). The zero-order valence-corrected chi connectivity index (χ0v) is 13.1. The third kappa shape index (κ3) is 3.31. The number of esters is 1. The van der Waals surface area contributed by atoms with Crippen molar-refractivity contribution in [3.63, 3.8) is 0 Å². The standard InChI is InChI=1S/C19H18N2O2/c1-14(2)23-19(22)17-13-21(16-11-7-4-8-12-16)20-18(17)15-9-5-3-6-10-15/h3-14H,1-2H3. The van der Waals surface area contributed by atoms with E-state index in [1.807, 2.05) is 74.5 Å². The fraction of sp³-hybridized carbons (Fsp3) is 0.158. The maximum Gasteiger partial charge on any atom is 0.342 e. The summed E-state index contributed by atoms with van der Waals surface area (Å²) >= 11 is 0. The van der Waals surface area contributed by atoms with Gasteiger partial charge in [-0.1, -0.05) is 48.5 Å². The van der Waals surface area contributed by atoms with Crippen LogP contribution in [-0.2, 0) is 4.74 Å². The van der Waals surface area contributed by atoms with Crippen LogP contribution >= 0.6 is 0 Å². The Morgan fingerprint density at radius 2 is 1.61 bits per heavy atom. The molecule has 0 atom stereocenters. The molecule has 4 nitrogen and oxygen atoms in total. The molecule has 0 aliphatic carbocycles. The molecule has 116 valence electrons. The lowest BCUT2D eigenvalue weighted by Crippen LogP contribution is -2.11. The molecular weight excluding hydrogens is 288 g/mol. The molecule has 0 radical (unpaired) electrons. The summed E-state index contributed by atoms with van der Waals surface area (Å²) in [7, 11) is 0. The first-order valence-corrected chi connectivity index (χ1v) is 7.56. The number of ether oxygens (including phenoxy) is 1. The summed E-state index contributed by atoms with van der Waals surface area (Å²) < 4.78 is 7.06. The van der Waals surface area contributed by atoms with Gasteiger partial charge in [-0.2, -0.15) is 5.10 Å². The zero-order chi connectivity index (χ0) is 16.2. The number of aromatic nitrogens is 2. The SMILES string of the molecule is CC(C)OC(=O)c1cn(-c2ccccc2)nc1-c1ccccc1. The quantitative estimate of drug-likeness (QED) is 0.681. The van der Waals surface area contributed by atoms with Crippen LogP contribution in [0.2, 0.25) is 0 Å². The van der Waals surface area contributed by atoms with E-state index in [0.717, 1.165) is 11.3 Å². The Balaban J connectivity index is 2.09. The summed E-state index contributed by atoms with van der Waals surface area (Å²) in [6, 6.07) is 19.4. The van der Waals surface area contributed by atoms with Gasteiger partial charge < -0.3 is 4.74 Å². The summed E-state index contributed by atoms with van der Waals surface area (Å²) in [5, 5.41) is 4.59. The van der Waals surface area contributed by atoms with Gasteiger partial charge in [-0.15, -0.1) is 0 Å². The summed E-state index contributed by atoms with van der Waals surface area (Å²) in [5.41, 5.74) is 2.88. The van der Waals surface area contributed by atoms with E-state index in [1.54, 1.807) is 10.9 Å². The van der Waals surface area contributed by atoms with E-state index >= 15 is 0 Å². The molecule has 0 amide bonds. The van der Waals surface area contributed by atoms with E-state index in [-0.39, 0.29) is 12.1 Å². The van der Waals surface area contributed by atoms with Crippen molar-refractivity contribution in [3.8, 4) is 16.9 Å². The molecule has 4 heteroatoms. The number of rotatable bonds is 4. The maximum absolute atomic E-state index is 12.4. The van der Waals surface area contributed by atoms with Gasteiger partial charge in [0.15, 0.2) is 0 Å². The first-order valence-electron chi connectivity index (χ1n) is 7.56. The molecule has 23 heavy (non-hydrogen) atoms. The number of benzene rings is 2. The van der Waals surface area contributed by atoms with Crippen molar-refractivity contribution in [3.05, 3.63) is 72.4 Å². The van der Waals surface area contributed by atoms with Crippen molar-refractivity contribution < 1.29 is 9.53 Å². The van der Waals surface area contributed by atoms with Gasteiger partial charge in [0, 0.05) is 11.8 Å². The maximum atomic E-state index is 12.4. The first-order chi connectivity index (χ1) is 11.1. The third-order valence-corrected chi connectivity index (χ3v) is 3.34. The van der Waals surface area contributed by atoms with Crippen LogP contribution in [0.5, 0.6) is 0 Å². The lowest BCUT2D eigenvalue weighted by Gasteiger charge is -2.07. The Labute approximate surface area is 135 Å². The minimum atomic E-state index is -0.360. The fourth-order valence-electron chi connectivity index (χ4n) is 2.32. The van der Waals surface area contributed by atoms with Crippen molar-refractivity contribution in [2.24, 2.45) is 0 Å². The molecule has 3 aromatic rings. The lowest BCUT2D eigenvalue weighted by atomic mass is 10.1. The zero-order valence-electron chi connectivity index (χ0n) is 13.1. The highest BCUT2D eigenvalue weighted by molar-refractivity contribution is 5.96. The van der Waals surface area contributed by atoms with Crippen molar-refractivity contribution in [2.75, 3.05) is 0 Å². The van der Waals surface area contributed by atoms with E-state index in [0.29, 0.717) is 11.3 Å². The fourth-order valence-corrected chi connectivity index (χ4v) is 2.32. The van der Waals surface area contributed by atoms with Gasteiger partial charge in [-0.05, 0) is 26.0 Å². The van der Waals surface area contributed by atoms with Crippen LogP contribution in [0, 0.1) is 0 Å². The molecule has 0 spiro atoms. The first kappa shape index (κ1) is 15.0. The van der Waals surface area contributed by atoms with Crippen LogP contribution in [-0.4, -0.2) is 21.9 Å². The predicted molar refractivity (Wildman–Crippen MR) is 89.6 cm³/mol. The second kappa shape index (κ2) is 6.48. The Morgan fingerprint density at radius 3 is 2.22 bits per heavy atom. The van der Waals surface area contributed by atoms with Crippen LogP contribution < -0.4 is 0 Å². The van der Waals surface area contributed by atoms with Gasteiger partial charge >= 0.3 is 5.97 Å². The molecule has 0 aliphatic rings. The van der Waals surface area contributed by atoms with Crippen LogP contribution in [0.15, 0.2) is 66.9 Å². The van der Waals surface area contributed by atoms with E-state index in [2.05, 4.69) is 5.10 Å². The van der Waals surface area contributed by atoms with Crippen LogP contribution in [0.1, 0.15) is 24.2 Å². The molecule has 1 heterocycles. The normalized spacial score (nSPS) is 10.7. The number of hydrogen-bond acceptors (Lipinski definition) is 3. The topological polar surface area (TPSA) is 44.1 Å². The van der Waals surface area contributed by atoms with Gasteiger partial charge in [0.2, 0.25) is 0 Å².